The van der Waals surface area contributed by atoms with Gasteiger partial charge in [-0.25, -0.2) is 9.78 Å². The number of para-hydroxylation sites is 2. The predicted octanol–water partition coefficient (Wildman–Crippen LogP) is 2.67. The van der Waals surface area contributed by atoms with Gasteiger partial charge in [0, 0.05) is 11.4 Å². The van der Waals surface area contributed by atoms with Crippen molar-refractivity contribution in [1.82, 2.24) is 14.5 Å². The lowest BCUT2D eigenvalue weighted by molar-refractivity contribution is 0.0696. The Bertz CT molecular complexity index is 750. The highest BCUT2D eigenvalue weighted by Crippen LogP contribution is 2.21. The molecule has 3 aromatic rings. The fourth-order valence-corrected chi connectivity index (χ4v) is 2.35. The zero-order valence-electron chi connectivity index (χ0n) is 10.6. The van der Waals surface area contributed by atoms with Crippen LogP contribution in [0.25, 0.3) is 17.0 Å². The van der Waals surface area contributed by atoms with Crippen molar-refractivity contribution in [3.05, 3.63) is 47.3 Å². The first-order valence-corrected chi connectivity index (χ1v) is 5.95. The average molecular weight is 255 g/mol. The summed E-state index contributed by atoms with van der Waals surface area (Å²) in [6.07, 6.45) is 0. The molecule has 5 nitrogen and oxygen atoms in total. The molecule has 96 valence electrons. The highest BCUT2D eigenvalue weighted by atomic mass is 16.4. The minimum Gasteiger partial charge on any atom is -0.478 e. The second-order valence-electron chi connectivity index (χ2n) is 4.50. The Balaban J connectivity index is 2.24. The summed E-state index contributed by atoms with van der Waals surface area (Å²) >= 11 is 0. The molecule has 0 radical (unpaired) electrons. The van der Waals surface area contributed by atoms with E-state index in [0.29, 0.717) is 17.2 Å². The Hall–Kier alpha value is -2.56. The van der Waals surface area contributed by atoms with Gasteiger partial charge in [-0.1, -0.05) is 12.1 Å². The molecule has 0 saturated heterocycles. The maximum absolute atomic E-state index is 11.1. The fraction of sp³-hybridized carbons (Fsp3) is 0.143. The first kappa shape index (κ1) is 11.5. The normalized spacial score (nSPS) is 11.1. The monoisotopic (exact) mass is 255 g/mol. The minimum atomic E-state index is -0.921. The topological polar surface area (TPSA) is 70.9 Å². The van der Waals surface area contributed by atoms with Gasteiger partial charge >= 0.3 is 5.97 Å². The van der Waals surface area contributed by atoms with Crippen LogP contribution in [0.4, 0.5) is 0 Å². The number of benzene rings is 1. The van der Waals surface area contributed by atoms with Gasteiger partial charge < -0.3 is 10.1 Å². The molecule has 2 aromatic heterocycles. The highest BCUT2D eigenvalue weighted by molar-refractivity contribution is 5.89. The van der Waals surface area contributed by atoms with Crippen molar-refractivity contribution in [3.8, 4) is 5.95 Å². The number of carbonyl (C=O) groups is 1. The lowest BCUT2D eigenvalue weighted by Crippen LogP contribution is -2.03. The average Bonchev–Trinajstić information content (AvgIpc) is 2.90. The van der Waals surface area contributed by atoms with Gasteiger partial charge in [0.2, 0.25) is 5.95 Å². The van der Waals surface area contributed by atoms with Gasteiger partial charge in [-0.15, -0.1) is 0 Å². The van der Waals surface area contributed by atoms with Crippen LogP contribution in [0.5, 0.6) is 0 Å². The van der Waals surface area contributed by atoms with E-state index in [-0.39, 0.29) is 0 Å². The molecule has 2 N–H and O–H groups in total. The van der Waals surface area contributed by atoms with Gasteiger partial charge in [-0.2, -0.15) is 0 Å². The van der Waals surface area contributed by atoms with Gasteiger partial charge in [0.05, 0.1) is 16.6 Å². The number of aromatic nitrogens is 3. The van der Waals surface area contributed by atoms with Crippen LogP contribution in [0.15, 0.2) is 30.3 Å². The number of fused-ring (bicyclic) bond motifs is 1. The molecule has 0 aliphatic heterocycles. The summed E-state index contributed by atoms with van der Waals surface area (Å²) in [5.41, 5.74) is 3.61. The quantitative estimate of drug-likeness (QED) is 0.739. The number of hydrogen-bond acceptors (Lipinski definition) is 2. The summed E-state index contributed by atoms with van der Waals surface area (Å²) in [6.45, 7) is 3.65. The maximum atomic E-state index is 11.1. The van der Waals surface area contributed by atoms with Gasteiger partial charge in [-0.05, 0) is 32.0 Å². The number of carboxylic acid groups (broad SMARTS) is 1. The molecule has 0 spiro atoms. The second-order valence-corrected chi connectivity index (χ2v) is 4.50. The van der Waals surface area contributed by atoms with Crippen LogP contribution in [0, 0.1) is 13.8 Å². The van der Waals surface area contributed by atoms with Crippen LogP contribution >= 0.6 is 0 Å². The van der Waals surface area contributed by atoms with Crippen molar-refractivity contribution in [1.29, 1.82) is 0 Å². The molecular weight excluding hydrogens is 242 g/mol. The van der Waals surface area contributed by atoms with Crippen molar-refractivity contribution in [2.45, 2.75) is 13.8 Å². The summed E-state index contributed by atoms with van der Waals surface area (Å²) in [5, 5.41) is 9.15. The molecule has 0 unspecified atom stereocenters. The Morgan fingerprint density at radius 2 is 2.05 bits per heavy atom. The number of H-pyrrole nitrogens is 1. The van der Waals surface area contributed by atoms with Crippen molar-refractivity contribution in [2.75, 3.05) is 0 Å². The molecule has 0 aliphatic carbocycles. The lowest BCUT2D eigenvalue weighted by atomic mass is 10.2. The summed E-state index contributed by atoms with van der Waals surface area (Å²) in [7, 11) is 0. The van der Waals surface area contributed by atoms with E-state index in [1.165, 1.54) is 0 Å². The van der Waals surface area contributed by atoms with Crippen LogP contribution in [-0.4, -0.2) is 25.6 Å². The van der Waals surface area contributed by atoms with Crippen LogP contribution in [0.2, 0.25) is 0 Å². The van der Waals surface area contributed by atoms with Crippen LogP contribution in [0.1, 0.15) is 21.7 Å². The highest BCUT2D eigenvalue weighted by Gasteiger charge is 2.17. The largest absolute Gasteiger partial charge is 0.478 e. The van der Waals surface area contributed by atoms with Crippen molar-refractivity contribution in [3.63, 3.8) is 0 Å². The van der Waals surface area contributed by atoms with E-state index in [9.17, 15) is 4.79 Å². The molecule has 0 aliphatic rings. The summed E-state index contributed by atoms with van der Waals surface area (Å²) < 4.78 is 1.82. The third-order valence-corrected chi connectivity index (χ3v) is 3.25. The standard InChI is InChI=1S/C14H13N3O2/c1-8-7-10(13(18)19)9(2)17(8)14-15-11-5-3-4-6-12(11)16-14/h3-7H,1-2H3,(H,15,16)(H,18,19). The van der Waals surface area contributed by atoms with Gasteiger partial charge in [0.1, 0.15) is 0 Å². The number of aromatic amines is 1. The first-order valence-electron chi connectivity index (χ1n) is 5.95. The molecule has 0 bridgehead atoms. The smallest absolute Gasteiger partial charge is 0.337 e. The molecule has 1 aromatic carbocycles. The summed E-state index contributed by atoms with van der Waals surface area (Å²) in [4.78, 5) is 18.8. The van der Waals surface area contributed by atoms with Crippen molar-refractivity contribution >= 4 is 17.0 Å². The molecule has 5 heteroatoms. The van der Waals surface area contributed by atoms with E-state index in [0.717, 1.165) is 16.7 Å². The molecular formula is C14H13N3O2. The number of imidazole rings is 1. The maximum Gasteiger partial charge on any atom is 0.337 e. The molecule has 0 fully saturated rings. The number of nitrogens with one attached hydrogen (secondary N) is 1. The van der Waals surface area contributed by atoms with Crippen molar-refractivity contribution in [2.24, 2.45) is 0 Å². The Kier molecular flexibility index (Phi) is 2.41. The molecule has 0 amide bonds. The second kappa shape index (κ2) is 3.98. The molecule has 0 atom stereocenters. The summed E-state index contributed by atoms with van der Waals surface area (Å²) in [5.74, 6) is -0.279. The number of hydrogen-bond donors (Lipinski definition) is 2. The zero-order valence-corrected chi connectivity index (χ0v) is 10.6. The minimum absolute atomic E-state index is 0.304. The molecule has 19 heavy (non-hydrogen) atoms. The van der Waals surface area contributed by atoms with E-state index >= 15 is 0 Å². The molecule has 3 rings (SSSR count). The zero-order chi connectivity index (χ0) is 13.6. The van der Waals surface area contributed by atoms with Crippen molar-refractivity contribution < 1.29 is 9.90 Å². The van der Waals surface area contributed by atoms with E-state index in [1.54, 1.807) is 13.0 Å². The van der Waals surface area contributed by atoms with E-state index in [4.69, 9.17) is 5.11 Å². The Morgan fingerprint density at radius 1 is 1.32 bits per heavy atom. The van der Waals surface area contributed by atoms with Gasteiger partial charge in [0.15, 0.2) is 0 Å². The number of rotatable bonds is 2. The Morgan fingerprint density at radius 3 is 2.68 bits per heavy atom. The summed E-state index contributed by atoms with van der Waals surface area (Å²) in [6, 6.07) is 9.37. The first-order chi connectivity index (χ1) is 9.08. The lowest BCUT2D eigenvalue weighted by Gasteiger charge is -2.04. The van der Waals surface area contributed by atoms with E-state index < -0.39 is 5.97 Å². The third kappa shape index (κ3) is 1.71. The Labute approximate surface area is 109 Å². The molecule has 0 saturated carbocycles. The number of aryl methyl sites for hydroxylation is 1. The van der Waals surface area contributed by atoms with Crippen LogP contribution < -0.4 is 0 Å². The van der Waals surface area contributed by atoms with Gasteiger partial charge in [-0.3, -0.25) is 4.57 Å². The fourth-order valence-electron chi connectivity index (χ4n) is 2.35. The van der Waals surface area contributed by atoms with E-state index in [1.807, 2.05) is 35.8 Å². The van der Waals surface area contributed by atoms with E-state index in [2.05, 4.69) is 9.97 Å². The molecule has 2 heterocycles. The van der Waals surface area contributed by atoms with Crippen LogP contribution in [-0.2, 0) is 0 Å². The number of aromatic carboxylic acids is 1. The number of carboxylic acids is 1. The SMILES string of the molecule is Cc1cc(C(=O)O)c(C)n1-c1nc2ccccc2[nH]1. The van der Waals surface area contributed by atoms with Crippen LogP contribution in [0.3, 0.4) is 0 Å². The predicted molar refractivity (Wildman–Crippen MR) is 71.9 cm³/mol. The van der Waals surface area contributed by atoms with Gasteiger partial charge in [0.25, 0.3) is 0 Å². The third-order valence-electron chi connectivity index (χ3n) is 3.25. The number of nitrogens with zero attached hydrogens (tertiary/aromatic N) is 2.